The molecule has 2 unspecified atom stereocenters. The van der Waals surface area contributed by atoms with E-state index in [0.717, 1.165) is 11.3 Å². The summed E-state index contributed by atoms with van der Waals surface area (Å²) in [5.41, 5.74) is 0.845. The van der Waals surface area contributed by atoms with Crippen LogP contribution in [0.4, 0.5) is 0 Å². The quantitative estimate of drug-likeness (QED) is 0.768. The van der Waals surface area contributed by atoms with Gasteiger partial charge < -0.3 is 9.84 Å². The van der Waals surface area contributed by atoms with Crippen LogP contribution in [0.2, 0.25) is 5.02 Å². The van der Waals surface area contributed by atoms with Crippen LogP contribution in [0.3, 0.4) is 0 Å². The molecule has 1 heterocycles. The number of halogens is 1. The van der Waals surface area contributed by atoms with E-state index in [1.165, 1.54) is 38.5 Å². The number of ether oxygens (including phenoxy) is 1. The zero-order valence-electron chi connectivity index (χ0n) is 11.1. The van der Waals surface area contributed by atoms with Crippen molar-refractivity contribution in [3.63, 3.8) is 0 Å². The maximum absolute atomic E-state index is 10.3. The Balaban J connectivity index is 1.78. The molecule has 2 aliphatic rings. The summed E-state index contributed by atoms with van der Waals surface area (Å²) in [5.74, 6) is 1.42. The number of aliphatic hydroxyl groups is 1. The van der Waals surface area contributed by atoms with Crippen molar-refractivity contribution in [1.29, 1.82) is 0 Å². The van der Waals surface area contributed by atoms with Gasteiger partial charge in [0.15, 0.2) is 0 Å². The first-order chi connectivity index (χ1) is 9.24. The van der Waals surface area contributed by atoms with Gasteiger partial charge >= 0.3 is 0 Å². The number of fused-ring (bicyclic) bond motifs is 1. The zero-order valence-corrected chi connectivity index (χ0v) is 11.9. The summed E-state index contributed by atoms with van der Waals surface area (Å²) in [5, 5.41) is 11.0. The van der Waals surface area contributed by atoms with Crippen molar-refractivity contribution >= 4 is 11.6 Å². The number of benzene rings is 1. The summed E-state index contributed by atoms with van der Waals surface area (Å²) in [7, 11) is 0. The molecule has 3 rings (SSSR count). The van der Waals surface area contributed by atoms with Crippen LogP contribution in [-0.4, -0.2) is 11.2 Å². The number of hydrogen-bond donors (Lipinski definition) is 1. The first-order valence-electron chi connectivity index (χ1n) is 7.38. The fourth-order valence-electron chi connectivity index (χ4n) is 3.42. The van der Waals surface area contributed by atoms with E-state index in [-0.39, 0.29) is 6.10 Å². The second-order valence-electron chi connectivity index (χ2n) is 5.84. The second kappa shape index (κ2) is 5.72. The lowest BCUT2D eigenvalue weighted by Gasteiger charge is -2.34. The Kier molecular flexibility index (Phi) is 3.99. The third-order valence-corrected chi connectivity index (χ3v) is 4.73. The van der Waals surface area contributed by atoms with Gasteiger partial charge in [0, 0.05) is 17.0 Å². The molecule has 2 nitrogen and oxygen atoms in total. The Bertz CT molecular complexity index is 438. The minimum atomic E-state index is -0.435. The molecular weight excluding hydrogens is 260 g/mol. The van der Waals surface area contributed by atoms with Crippen molar-refractivity contribution in [3.8, 4) is 5.75 Å². The third-order valence-electron chi connectivity index (χ3n) is 4.49. The molecule has 1 saturated carbocycles. The predicted molar refractivity (Wildman–Crippen MR) is 76.6 cm³/mol. The van der Waals surface area contributed by atoms with Gasteiger partial charge in [-0.1, -0.05) is 37.3 Å². The van der Waals surface area contributed by atoms with Gasteiger partial charge in [0.2, 0.25) is 0 Å². The minimum Gasteiger partial charge on any atom is -0.490 e. The molecule has 0 aromatic heterocycles. The Morgan fingerprint density at radius 3 is 2.58 bits per heavy atom. The van der Waals surface area contributed by atoms with Gasteiger partial charge in [-0.05, 0) is 37.0 Å². The van der Waals surface area contributed by atoms with E-state index in [4.69, 9.17) is 16.3 Å². The van der Waals surface area contributed by atoms with Crippen LogP contribution in [0.25, 0.3) is 0 Å². The lowest BCUT2D eigenvalue weighted by atomic mass is 9.87. The summed E-state index contributed by atoms with van der Waals surface area (Å²) in [4.78, 5) is 0. The molecule has 2 atom stereocenters. The van der Waals surface area contributed by atoms with E-state index in [1.807, 2.05) is 18.2 Å². The highest BCUT2D eigenvalue weighted by Crippen LogP contribution is 2.40. The van der Waals surface area contributed by atoms with Crippen molar-refractivity contribution in [2.24, 2.45) is 5.92 Å². The number of rotatable bonds is 1. The first kappa shape index (κ1) is 13.3. The molecule has 1 aliphatic carbocycles. The zero-order chi connectivity index (χ0) is 13.2. The molecule has 1 aromatic rings. The van der Waals surface area contributed by atoms with Gasteiger partial charge in [0.25, 0.3) is 0 Å². The average Bonchev–Trinajstić information content (AvgIpc) is 2.68. The third kappa shape index (κ3) is 2.90. The predicted octanol–water partition coefficient (Wildman–Crippen LogP) is 4.49. The van der Waals surface area contributed by atoms with Crippen LogP contribution in [0.5, 0.6) is 5.75 Å². The molecule has 0 spiro atoms. The summed E-state index contributed by atoms with van der Waals surface area (Å²) in [6, 6.07) is 5.55. The minimum absolute atomic E-state index is 0.168. The van der Waals surface area contributed by atoms with E-state index in [0.29, 0.717) is 17.4 Å². The number of hydrogen-bond acceptors (Lipinski definition) is 2. The highest BCUT2D eigenvalue weighted by Gasteiger charge is 2.32. The van der Waals surface area contributed by atoms with Crippen molar-refractivity contribution in [3.05, 3.63) is 28.8 Å². The van der Waals surface area contributed by atoms with Gasteiger partial charge in [0.05, 0.1) is 6.10 Å². The highest BCUT2D eigenvalue weighted by atomic mass is 35.5. The second-order valence-corrected chi connectivity index (χ2v) is 6.28. The molecule has 1 N–H and O–H groups in total. The van der Waals surface area contributed by atoms with Gasteiger partial charge in [-0.25, -0.2) is 0 Å². The monoisotopic (exact) mass is 280 g/mol. The molecule has 0 saturated heterocycles. The van der Waals surface area contributed by atoms with Gasteiger partial charge in [-0.15, -0.1) is 0 Å². The standard InChI is InChI=1S/C16H21ClO2/c17-12-7-8-15-13(9-12)14(18)10-16(19-15)11-5-3-1-2-4-6-11/h7-9,11,14,16,18H,1-6,10H2. The maximum atomic E-state index is 10.3. The van der Waals surface area contributed by atoms with Crippen LogP contribution in [0, 0.1) is 5.92 Å². The van der Waals surface area contributed by atoms with Gasteiger partial charge in [-0.3, -0.25) is 0 Å². The molecule has 1 aliphatic heterocycles. The van der Waals surface area contributed by atoms with E-state index < -0.39 is 6.10 Å². The Labute approximate surface area is 119 Å². The summed E-state index contributed by atoms with van der Waals surface area (Å²) < 4.78 is 6.13. The average molecular weight is 281 g/mol. The number of aliphatic hydroxyl groups excluding tert-OH is 1. The SMILES string of the molecule is OC1CC(C2CCCCCC2)Oc2ccc(Cl)cc21. The van der Waals surface area contributed by atoms with Crippen molar-refractivity contribution in [2.75, 3.05) is 0 Å². The maximum Gasteiger partial charge on any atom is 0.125 e. The topological polar surface area (TPSA) is 29.5 Å². The fourth-order valence-corrected chi connectivity index (χ4v) is 3.60. The molecule has 19 heavy (non-hydrogen) atoms. The van der Waals surface area contributed by atoms with Crippen LogP contribution in [0.15, 0.2) is 18.2 Å². The van der Waals surface area contributed by atoms with E-state index in [2.05, 4.69) is 0 Å². The molecule has 0 radical (unpaired) electrons. The molecule has 1 fully saturated rings. The van der Waals surface area contributed by atoms with Crippen molar-refractivity contribution in [2.45, 2.75) is 57.2 Å². The van der Waals surface area contributed by atoms with Crippen molar-refractivity contribution < 1.29 is 9.84 Å². The smallest absolute Gasteiger partial charge is 0.125 e. The lowest BCUT2D eigenvalue weighted by molar-refractivity contribution is 0.0297. The fraction of sp³-hybridized carbons (Fsp3) is 0.625. The van der Waals surface area contributed by atoms with Gasteiger partial charge in [0.1, 0.15) is 11.9 Å². The summed E-state index contributed by atoms with van der Waals surface area (Å²) in [6.07, 6.45) is 8.20. The molecular formula is C16H21ClO2. The van der Waals surface area contributed by atoms with Crippen molar-refractivity contribution in [1.82, 2.24) is 0 Å². The normalized spacial score (nSPS) is 28.3. The first-order valence-corrected chi connectivity index (χ1v) is 7.76. The Hall–Kier alpha value is -0.730. The van der Waals surface area contributed by atoms with Gasteiger partial charge in [-0.2, -0.15) is 0 Å². The van der Waals surface area contributed by atoms with Crippen LogP contribution >= 0.6 is 11.6 Å². The summed E-state index contributed by atoms with van der Waals surface area (Å²) >= 11 is 5.98. The molecule has 0 amide bonds. The highest BCUT2D eigenvalue weighted by molar-refractivity contribution is 6.30. The summed E-state index contributed by atoms with van der Waals surface area (Å²) in [6.45, 7) is 0. The van der Waals surface area contributed by atoms with Crippen LogP contribution in [-0.2, 0) is 0 Å². The molecule has 3 heteroatoms. The largest absolute Gasteiger partial charge is 0.490 e. The molecule has 104 valence electrons. The van der Waals surface area contributed by atoms with E-state index in [9.17, 15) is 5.11 Å². The lowest BCUT2D eigenvalue weighted by Crippen LogP contribution is -2.32. The Morgan fingerprint density at radius 2 is 1.84 bits per heavy atom. The van der Waals surface area contributed by atoms with E-state index in [1.54, 1.807) is 0 Å². The van der Waals surface area contributed by atoms with E-state index >= 15 is 0 Å². The Morgan fingerprint density at radius 1 is 1.11 bits per heavy atom. The molecule has 1 aromatic carbocycles. The van der Waals surface area contributed by atoms with Crippen LogP contribution in [0.1, 0.15) is 56.6 Å². The van der Waals surface area contributed by atoms with Crippen LogP contribution < -0.4 is 4.74 Å². The molecule has 0 bridgehead atoms.